The SMILES string of the molecule is CC1=C(C(=O)NCc2cn3nc(C)sc3n2)C(C)NC(=O)N1. The maximum absolute atomic E-state index is 12.3. The van der Waals surface area contributed by atoms with Crippen LogP contribution >= 0.6 is 11.3 Å². The number of allylic oxidation sites excluding steroid dienone is 1. The lowest BCUT2D eigenvalue weighted by Gasteiger charge is -2.25. The van der Waals surface area contributed by atoms with Gasteiger partial charge in [0.1, 0.15) is 5.01 Å². The van der Waals surface area contributed by atoms with Gasteiger partial charge in [-0.3, -0.25) is 4.79 Å². The first kappa shape index (κ1) is 14.5. The number of rotatable bonds is 3. The molecule has 1 unspecified atom stereocenters. The minimum absolute atomic E-state index is 0.224. The molecule has 8 nitrogen and oxygen atoms in total. The number of urea groups is 1. The van der Waals surface area contributed by atoms with E-state index < -0.39 is 0 Å². The van der Waals surface area contributed by atoms with E-state index in [0.29, 0.717) is 17.8 Å². The van der Waals surface area contributed by atoms with E-state index in [1.807, 2.05) is 6.92 Å². The number of nitrogens with zero attached hydrogens (tertiary/aromatic N) is 3. The van der Waals surface area contributed by atoms with Crippen molar-refractivity contribution in [2.45, 2.75) is 33.4 Å². The summed E-state index contributed by atoms with van der Waals surface area (Å²) in [5, 5.41) is 13.3. The van der Waals surface area contributed by atoms with Gasteiger partial charge in [0.25, 0.3) is 5.91 Å². The Hall–Kier alpha value is -2.42. The second-order valence-electron chi connectivity index (χ2n) is 5.12. The van der Waals surface area contributed by atoms with Crippen molar-refractivity contribution in [3.8, 4) is 0 Å². The van der Waals surface area contributed by atoms with Crippen LogP contribution in [0.1, 0.15) is 24.5 Å². The zero-order chi connectivity index (χ0) is 15.9. The average molecular weight is 320 g/mol. The third-order valence-corrected chi connectivity index (χ3v) is 4.19. The Balaban J connectivity index is 1.70. The highest BCUT2D eigenvalue weighted by Gasteiger charge is 2.26. The molecule has 0 aromatic carbocycles. The predicted molar refractivity (Wildman–Crippen MR) is 81.3 cm³/mol. The normalized spacial score (nSPS) is 18.3. The van der Waals surface area contributed by atoms with Crippen molar-refractivity contribution in [3.63, 3.8) is 0 Å². The molecule has 0 saturated carbocycles. The van der Waals surface area contributed by atoms with E-state index >= 15 is 0 Å². The minimum atomic E-state index is -0.330. The Morgan fingerprint density at radius 2 is 2.27 bits per heavy atom. The largest absolute Gasteiger partial charge is 0.346 e. The molecule has 1 atom stereocenters. The summed E-state index contributed by atoms with van der Waals surface area (Å²) in [5.74, 6) is -0.224. The number of hydrogen-bond donors (Lipinski definition) is 3. The van der Waals surface area contributed by atoms with Gasteiger partial charge in [-0.05, 0) is 20.8 Å². The van der Waals surface area contributed by atoms with Crippen molar-refractivity contribution >= 4 is 28.2 Å². The number of nitrogens with one attached hydrogen (secondary N) is 3. The molecule has 2 aromatic rings. The lowest BCUT2D eigenvalue weighted by atomic mass is 10.0. The van der Waals surface area contributed by atoms with E-state index in [1.54, 1.807) is 24.6 Å². The molecule has 1 aliphatic rings. The lowest BCUT2D eigenvalue weighted by molar-refractivity contribution is -0.118. The summed E-state index contributed by atoms with van der Waals surface area (Å²) in [7, 11) is 0. The zero-order valence-electron chi connectivity index (χ0n) is 12.4. The smallest absolute Gasteiger partial charge is 0.319 e. The number of aryl methyl sites for hydroxylation is 1. The van der Waals surface area contributed by atoms with Crippen molar-refractivity contribution < 1.29 is 9.59 Å². The van der Waals surface area contributed by atoms with Crippen LogP contribution in [0.15, 0.2) is 17.5 Å². The summed E-state index contributed by atoms with van der Waals surface area (Å²) in [6, 6.07) is -0.624. The van der Waals surface area contributed by atoms with E-state index in [4.69, 9.17) is 0 Å². The number of imidazole rings is 1. The van der Waals surface area contributed by atoms with Crippen LogP contribution in [-0.4, -0.2) is 32.6 Å². The van der Waals surface area contributed by atoms with Crippen LogP contribution in [0, 0.1) is 6.92 Å². The van der Waals surface area contributed by atoms with Crippen LogP contribution in [-0.2, 0) is 11.3 Å². The molecule has 0 radical (unpaired) electrons. The first-order chi connectivity index (χ1) is 10.4. The Kier molecular flexibility index (Phi) is 3.57. The summed E-state index contributed by atoms with van der Waals surface area (Å²) >= 11 is 1.50. The highest BCUT2D eigenvalue weighted by molar-refractivity contribution is 7.16. The molecule has 3 amide bonds. The van der Waals surface area contributed by atoms with Crippen LogP contribution in [0.5, 0.6) is 0 Å². The molecule has 3 rings (SSSR count). The molecule has 22 heavy (non-hydrogen) atoms. The van der Waals surface area contributed by atoms with E-state index in [2.05, 4.69) is 26.0 Å². The van der Waals surface area contributed by atoms with E-state index in [0.717, 1.165) is 15.7 Å². The van der Waals surface area contributed by atoms with Gasteiger partial charge < -0.3 is 16.0 Å². The van der Waals surface area contributed by atoms with Gasteiger partial charge in [0, 0.05) is 5.70 Å². The van der Waals surface area contributed by atoms with Gasteiger partial charge >= 0.3 is 6.03 Å². The molecular weight excluding hydrogens is 304 g/mol. The van der Waals surface area contributed by atoms with Gasteiger partial charge in [-0.25, -0.2) is 14.3 Å². The van der Waals surface area contributed by atoms with Crippen LogP contribution < -0.4 is 16.0 Å². The van der Waals surface area contributed by atoms with Crippen molar-refractivity contribution in [3.05, 3.63) is 28.2 Å². The monoisotopic (exact) mass is 320 g/mol. The number of amides is 3. The molecule has 2 aromatic heterocycles. The average Bonchev–Trinajstić information content (AvgIpc) is 2.91. The Bertz CT molecular complexity index is 758. The van der Waals surface area contributed by atoms with E-state index in [9.17, 15) is 9.59 Å². The Morgan fingerprint density at radius 3 is 2.95 bits per heavy atom. The topological polar surface area (TPSA) is 100 Å². The fourth-order valence-electron chi connectivity index (χ4n) is 2.43. The highest BCUT2D eigenvalue weighted by atomic mass is 32.1. The molecule has 3 heterocycles. The number of hydrogen-bond acceptors (Lipinski definition) is 5. The zero-order valence-corrected chi connectivity index (χ0v) is 13.2. The highest BCUT2D eigenvalue weighted by Crippen LogP contribution is 2.14. The minimum Gasteiger partial charge on any atom is -0.346 e. The predicted octanol–water partition coefficient (Wildman–Crippen LogP) is 0.691. The van der Waals surface area contributed by atoms with Crippen molar-refractivity contribution in [1.29, 1.82) is 0 Å². The molecule has 0 fully saturated rings. The summed E-state index contributed by atoms with van der Waals surface area (Å²) in [6.45, 7) is 5.72. The summed E-state index contributed by atoms with van der Waals surface area (Å²) in [6.07, 6.45) is 1.80. The van der Waals surface area contributed by atoms with Gasteiger partial charge in [-0.15, -0.1) is 0 Å². The standard InChI is InChI=1S/C13H16N6O2S/c1-6-10(7(2)16-12(21)15-6)11(20)14-4-9-5-19-13(17-9)22-8(3)18-19/h5-6H,4H2,1-3H3,(H,14,20)(H2,15,16,21). The molecule has 0 spiro atoms. The number of fused-ring (bicyclic) bond motifs is 1. The summed E-state index contributed by atoms with van der Waals surface area (Å²) in [4.78, 5) is 28.8. The van der Waals surface area contributed by atoms with Gasteiger partial charge in [0.05, 0.1) is 30.1 Å². The van der Waals surface area contributed by atoms with Crippen LogP contribution in [0.2, 0.25) is 0 Å². The number of carbonyl (C=O) groups excluding carboxylic acids is 2. The summed E-state index contributed by atoms with van der Waals surface area (Å²) < 4.78 is 1.71. The van der Waals surface area contributed by atoms with Crippen molar-refractivity contribution in [2.24, 2.45) is 0 Å². The third-order valence-electron chi connectivity index (χ3n) is 3.35. The van der Waals surface area contributed by atoms with Gasteiger partial charge in [-0.2, -0.15) is 5.10 Å². The molecule has 1 aliphatic heterocycles. The Morgan fingerprint density at radius 1 is 1.50 bits per heavy atom. The molecule has 3 N–H and O–H groups in total. The maximum atomic E-state index is 12.3. The Labute approximate surface area is 130 Å². The first-order valence-corrected chi connectivity index (χ1v) is 7.64. The summed E-state index contributed by atoms with van der Waals surface area (Å²) in [5.41, 5.74) is 1.83. The van der Waals surface area contributed by atoms with Crippen molar-refractivity contribution in [2.75, 3.05) is 0 Å². The first-order valence-electron chi connectivity index (χ1n) is 6.82. The van der Waals surface area contributed by atoms with E-state index in [-0.39, 0.29) is 18.0 Å². The van der Waals surface area contributed by atoms with E-state index in [1.165, 1.54) is 11.3 Å². The molecular formula is C13H16N6O2S. The lowest BCUT2D eigenvalue weighted by Crippen LogP contribution is -2.50. The fraction of sp³-hybridized carbons (Fsp3) is 0.385. The second-order valence-corrected chi connectivity index (χ2v) is 6.28. The second kappa shape index (κ2) is 5.41. The number of aromatic nitrogens is 3. The quantitative estimate of drug-likeness (QED) is 0.774. The molecule has 0 aliphatic carbocycles. The molecule has 116 valence electrons. The molecule has 9 heteroatoms. The maximum Gasteiger partial charge on any atom is 0.319 e. The van der Waals surface area contributed by atoms with Gasteiger partial charge in [0.15, 0.2) is 0 Å². The van der Waals surface area contributed by atoms with Crippen LogP contribution in [0.25, 0.3) is 4.96 Å². The van der Waals surface area contributed by atoms with Crippen LogP contribution in [0.3, 0.4) is 0 Å². The fourth-order valence-corrected chi connectivity index (χ4v) is 3.17. The third kappa shape index (κ3) is 2.67. The van der Waals surface area contributed by atoms with Gasteiger partial charge in [0.2, 0.25) is 4.96 Å². The molecule has 0 saturated heterocycles. The van der Waals surface area contributed by atoms with Crippen molar-refractivity contribution in [1.82, 2.24) is 30.5 Å². The van der Waals surface area contributed by atoms with Gasteiger partial charge in [-0.1, -0.05) is 11.3 Å². The molecule has 0 bridgehead atoms. The van der Waals surface area contributed by atoms with Crippen LogP contribution in [0.4, 0.5) is 4.79 Å². The number of carbonyl (C=O) groups is 2.